The third kappa shape index (κ3) is 2.51. The number of hydrogen-bond donors (Lipinski definition) is 1. The number of fused-ring (bicyclic) bond motifs is 1. The Hall–Kier alpha value is -1.95. The molecule has 110 valence electrons. The van der Waals surface area contributed by atoms with E-state index in [1.165, 1.54) is 0 Å². The van der Waals surface area contributed by atoms with Gasteiger partial charge in [-0.1, -0.05) is 18.2 Å². The molecule has 0 bridgehead atoms. The van der Waals surface area contributed by atoms with Crippen molar-refractivity contribution in [1.82, 2.24) is 9.47 Å². The van der Waals surface area contributed by atoms with Crippen LogP contribution in [0.3, 0.4) is 0 Å². The molecule has 0 atom stereocenters. The Morgan fingerprint density at radius 2 is 2.00 bits per heavy atom. The predicted octanol–water partition coefficient (Wildman–Crippen LogP) is 3.83. The van der Waals surface area contributed by atoms with Crippen molar-refractivity contribution in [2.24, 2.45) is 10.2 Å². The summed E-state index contributed by atoms with van der Waals surface area (Å²) in [5, 5.41) is 20.1. The van der Waals surface area contributed by atoms with Gasteiger partial charge in [0.05, 0.1) is 5.52 Å². The van der Waals surface area contributed by atoms with Crippen LogP contribution in [0, 0.1) is 0 Å². The number of hydrogen-bond acceptors (Lipinski definition) is 3. The van der Waals surface area contributed by atoms with Gasteiger partial charge in [0.1, 0.15) is 0 Å². The lowest BCUT2D eigenvalue weighted by molar-refractivity contribution is 0.427. The van der Waals surface area contributed by atoms with E-state index in [0.29, 0.717) is 17.3 Å². The molecule has 1 fully saturated rings. The molecule has 0 unspecified atom stereocenters. The highest BCUT2D eigenvalue weighted by Gasteiger charge is 2.17. The Kier molecular flexibility index (Phi) is 3.88. The molecular formula is C15H18N4OS. The topological polar surface area (TPSA) is 53.1 Å². The third-order valence-electron chi connectivity index (χ3n) is 3.85. The molecule has 21 heavy (non-hydrogen) atoms. The van der Waals surface area contributed by atoms with E-state index in [-0.39, 0.29) is 5.88 Å². The number of para-hydroxylation sites is 1. The van der Waals surface area contributed by atoms with E-state index in [9.17, 15) is 5.11 Å². The Bertz CT molecular complexity index is 701. The van der Waals surface area contributed by atoms with Crippen molar-refractivity contribution in [2.45, 2.75) is 26.3 Å². The summed E-state index contributed by atoms with van der Waals surface area (Å²) in [7, 11) is 0. The number of likely N-dealkylation sites (tertiary alicyclic amines) is 1. The van der Waals surface area contributed by atoms with Crippen molar-refractivity contribution in [3.8, 4) is 5.88 Å². The average Bonchev–Trinajstić information content (AvgIpc) is 3.11. The first-order valence-electron chi connectivity index (χ1n) is 7.23. The van der Waals surface area contributed by atoms with E-state index < -0.39 is 0 Å². The van der Waals surface area contributed by atoms with E-state index in [0.717, 1.165) is 36.8 Å². The quantitative estimate of drug-likeness (QED) is 0.677. The molecule has 0 radical (unpaired) electrons. The fraction of sp³-hybridized carbons (Fsp3) is 0.400. The second-order valence-electron chi connectivity index (χ2n) is 5.11. The molecule has 1 aromatic carbocycles. The highest BCUT2D eigenvalue weighted by molar-refractivity contribution is 7.80. The van der Waals surface area contributed by atoms with Crippen molar-refractivity contribution in [1.29, 1.82) is 0 Å². The molecule has 2 heterocycles. The summed E-state index contributed by atoms with van der Waals surface area (Å²) in [6.07, 6.45) is 2.30. The molecule has 0 amide bonds. The zero-order chi connectivity index (χ0) is 14.8. The molecule has 5 nitrogen and oxygen atoms in total. The average molecular weight is 302 g/mol. The van der Waals surface area contributed by atoms with Crippen LogP contribution < -0.4 is 0 Å². The minimum atomic E-state index is 0.145. The summed E-state index contributed by atoms with van der Waals surface area (Å²) in [5.41, 5.74) is 1.45. The molecule has 6 heteroatoms. The molecule has 2 aromatic rings. The highest BCUT2D eigenvalue weighted by atomic mass is 32.1. The van der Waals surface area contributed by atoms with E-state index in [1.807, 2.05) is 35.8 Å². The van der Waals surface area contributed by atoms with Crippen molar-refractivity contribution in [3.63, 3.8) is 0 Å². The molecular weight excluding hydrogens is 284 g/mol. The van der Waals surface area contributed by atoms with Crippen LogP contribution in [-0.2, 0) is 6.54 Å². The zero-order valence-electron chi connectivity index (χ0n) is 12.0. The van der Waals surface area contributed by atoms with Crippen LogP contribution in [-0.4, -0.2) is 32.8 Å². The summed E-state index contributed by atoms with van der Waals surface area (Å²) in [6, 6.07) is 7.79. The van der Waals surface area contributed by atoms with Crippen LogP contribution in [0.25, 0.3) is 10.9 Å². The van der Waals surface area contributed by atoms with Crippen molar-refractivity contribution in [3.05, 3.63) is 24.3 Å². The summed E-state index contributed by atoms with van der Waals surface area (Å²) in [5.74, 6) is 0.145. The first kappa shape index (κ1) is 14.0. The van der Waals surface area contributed by atoms with Crippen LogP contribution in [0.4, 0.5) is 5.69 Å². The van der Waals surface area contributed by atoms with E-state index in [4.69, 9.17) is 12.2 Å². The Morgan fingerprint density at radius 1 is 1.29 bits per heavy atom. The van der Waals surface area contributed by atoms with Gasteiger partial charge in [0.2, 0.25) is 11.0 Å². The summed E-state index contributed by atoms with van der Waals surface area (Å²) < 4.78 is 1.82. The Morgan fingerprint density at radius 3 is 2.71 bits per heavy atom. The number of rotatable bonds is 2. The maximum atomic E-state index is 10.3. The molecule has 3 rings (SSSR count). The highest BCUT2D eigenvalue weighted by Crippen LogP contribution is 2.38. The van der Waals surface area contributed by atoms with Crippen LogP contribution in [0.15, 0.2) is 34.5 Å². The monoisotopic (exact) mass is 302 g/mol. The lowest BCUT2D eigenvalue weighted by Crippen LogP contribution is -2.23. The largest absolute Gasteiger partial charge is 0.493 e. The molecule has 1 aliphatic rings. The molecule has 0 spiro atoms. The van der Waals surface area contributed by atoms with Gasteiger partial charge in [-0.25, -0.2) is 0 Å². The predicted molar refractivity (Wildman–Crippen MR) is 87.2 cm³/mol. The smallest absolute Gasteiger partial charge is 0.220 e. The van der Waals surface area contributed by atoms with E-state index in [1.54, 1.807) is 0 Å². The zero-order valence-corrected chi connectivity index (χ0v) is 12.8. The molecule has 0 saturated carbocycles. The van der Waals surface area contributed by atoms with Crippen molar-refractivity contribution < 1.29 is 5.11 Å². The van der Waals surface area contributed by atoms with Crippen LogP contribution in [0.2, 0.25) is 0 Å². The number of aryl methyl sites for hydroxylation is 1. The first-order valence-corrected chi connectivity index (χ1v) is 7.64. The normalized spacial score (nSPS) is 15.4. The molecule has 1 aromatic heterocycles. The SMILES string of the molecule is CCn1c(O)c(N=NC(=S)N2CCCC2)c2ccccc21. The first-order chi connectivity index (χ1) is 10.2. The van der Waals surface area contributed by atoms with Gasteiger partial charge in [0, 0.05) is 25.0 Å². The van der Waals surface area contributed by atoms with Crippen molar-refractivity contribution in [2.75, 3.05) is 13.1 Å². The van der Waals surface area contributed by atoms with E-state index in [2.05, 4.69) is 15.1 Å². The minimum absolute atomic E-state index is 0.145. The van der Waals surface area contributed by atoms with Gasteiger partial charge in [0.15, 0.2) is 5.69 Å². The van der Waals surface area contributed by atoms with Gasteiger partial charge in [0.25, 0.3) is 0 Å². The van der Waals surface area contributed by atoms with Crippen LogP contribution in [0.5, 0.6) is 5.88 Å². The lowest BCUT2D eigenvalue weighted by atomic mass is 10.2. The Labute approximate surface area is 128 Å². The Balaban J connectivity index is 1.96. The lowest BCUT2D eigenvalue weighted by Gasteiger charge is -2.12. The molecule has 0 aliphatic carbocycles. The third-order valence-corrected chi connectivity index (χ3v) is 4.19. The van der Waals surface area contributed by atoms with E-state index >= 15 is 0 Å². The minimum Gasteiger partial charge on any atom is -0.493 e. The van der Waals surface area contributed by atoms with Crippen molar-refractivity contribution >= 4 is 33.9 Å². The fourth-order valence-corrected chi connectivity index (χ4v) is 2.98. The second kappa shape index (κ2) is 5.81. The second-order valence-corrected chi connectivity index (χ2v) is 5.48. The van der Waals surface area contributed by atoms with Gasteiger partial charge in [-0.2, -0.15) is 0 Å². The maximum Gasteiger partial charge on any atom is 0.220 e. The van der Waals surface area contributed by atoms with Gasteiger partial charge in [-0.3, -0.25) is 0 Å². The van der Waals surface area contributed by atoms with Gasteiger partial charge >= 0.3 is 0 Å². The van der Waals surface area contributed by atoms with Gasteiger partial charge in [-0.05, 0) is 38.0 Å². The number of azo groups is 1. The maximum absolute atomic E-state index is 10.3. The molecule has 1 saturated heterocycles. The molecule has 1 aliphatic heterocycles. The fourth-order valence-electron chi connectivity index (χ4n) is 2.75. The summed E-state index contributed by atoms with van der Waals surface area (Å²) in [4.78, 5) is 2.05. The number of aromatic nitrogens is 1. The standard InChI is InChI=1S/C15H18N4OS/c1-2-19-12-8-4-3-7-11(12)13(14(19)20)16-17-15(21)18-9-5-6-10-18/h3-4,7-8,20H,2,5-6,9-10H2,1H3. The number of benzene rings is 1. The number of nitrogens with zero attached hydrogens (tertiary/aromatic N) is 4. The summed E-state index contributed by atoms with van der Waals surface area (Å²) >= 11 is 5.29. The number of aromatic hydroxyl groups is 1. The van der Waals surface area contributed by atoms with Gasteiger partial charge in [-0.15, -0.1) is 10.2 Å². The van der Waals surface area contributed by atoms with Crippen LogP contribution in [0.1, 0.15) is 19.8 Å². The molecule has 1 N–H and O–H groups in total. The number of thiocarbonyl (C=S) groups is 1. The van der Waals surface area contributed by atoms with Crippen LogP contribution >= 0.6 is 12.2 Å². The summed E-state index contributed by atoms with van der Waals surface area (Å²) in [6.45, 7) is 4.56. The van der Waals surface area contributed by atoms with Gasteiger partial charge < -0.3 is 14.6 Å².